The molecule has 1 aliphatic rings. The van der Waals surface area contributed by atoms with Gasteiger partial charge in [0.2, 0.25) is 0 Å². The zero-order valence-corrected chi connectivity index (χ0v) is 6.76. The Balaban J connectivity index is 2.60. The summed E-state index contributed by atoms with van der Waals surface area (Å²) in [6.07, 6.45) is 11.9. The SMILES string of the molecule is CC/C=C/[C@@]1(F)C=CC=CC1. The fourth-order valence-corrected chi connectivity index (χ4v) is 1.05. The average molecular weight is 152 g/mol. The molecule has 0 bridgehead atoms. The lowest BCUT2D eigenvalue weighted by atomic mass is 9.97. The maximum atomic E-state index is 13.5. The van der Waals surface area contributed by atoms with Crippen LogP contribution >= 0.6 is 0 Å². The molecule has 0 heterocycles. The number of hydrogen-bond acceptors (Lipinski definition) is 0. The summed E-state index contributed by atoms with van der Waals surface area (Å²) in [6, 6.07) is 0. The highest BCUT2D eigenvalue weighted by atomic mass is 19.1. The van der Waals surface area contributed by atoms with Gasteiger partial charge in [-0.25, -0.2) is 4.39 Å². The zero-order valence-electron chi connectivity index (χ0n) is 6.76. The molecule has 1 atom stereocenters. The van der Waals surface area contributed by atoms with Gasteiger partial charge in [-0.15, -0.1) is 0 Å². The third-order valence-corrected chi connectivity index (χ3v) is 1.68. The molecule has 0 saturated carbocycles. The molecular weight excluding hydrogens is 139 g/mol. The van der Waals surface area contributed by atoms with Crippen molar-refractivity contribution in [2.24, 2.45) is 0 Å². The molecule has 1 heteroatoms. The molecule has 0 aliphatic heterocycles. The van der Waals surface area contributed by atoms with Gasteiger partial charge in [0.15, 0.2) is 5.67 Å². The van der Waals surface area contributed by atoms with Gasteiger partial charge in [0.05, 0.1) is 0 Å². The number of allylic oxidation sites excluding steroid dienone is 6. The molecule has 0 radical (unpaired) electrons. The Hall–Kier alpha value is -0.850. The normalized spacial score (nSPS) is 30.0. The highest BCUT2D eigenvalue weighted by molar-refractivity contribution is 5.24. The molecule has 0 amide bonds. The maximum Gasteiger partial charge on any atom is 0.151 e. The van der Waals surface area contributed by atoms with Gasteiger partial charge in [0.25, 0.3) is 0 Å². The summed E-state index contributed by atoms with van der Waals surface area (Å²) in [5.74, 6) is 0. The Morgan fingerprint density at radius 1 is 1.55 bits per heavy atom. The smallest absolute Gasteiger partial charge is 0.151 e. The van der Waals surface area contributed by atoms with Crippen LogP contribution in [0, 0.1) is 0 Å². The topological polar surface area (TPSA) is 0 Å². The van der Waals surface area contributed by atoms with Crippen LogP contribution in [0.2, 0.25) is 0 Å². The number of hydrogen-bond donors (Lipinski definition) is 0. The van der Waals surface area contributed by atoms with Crippen molar-refractivity contribution in [3.63, 3.8) is 0 Å². The van der Waals surface area contributed by atoms with E-state index >= 15 is 0 Å². The van der Waals surface area contributed by atoms with Crippen molar-refractivity contribution >= 4 is 0 Å². The Bertz CT molecular complexity index is 201. The average Bonchev–Trinajstić information content (AvgIpc) is 2.03. The summed E-state index contributed by atoms with van der Waals surface area (Å²) in [7, 11) is 0. The monoisotopic (exact) mass is 152 g/mol. The van der Waals surface area contributed by atoms with Crippen molar-refractivity contribution in [2.45, 2.75) is 25.4 Å². The van der Waals surface area contributed by atoms with E-state index in [0.717, 1.165) is 6.42 Å². The quantitative estimate of drug-likeness (QED) is 0.533. The molecule has 0 aromatic heterocycles. The van der Waals surface area contributed by atoms with Crippen molar-refractivity contribution in [1.29, 1.82) is 0 Å². The van der Waals surface area contributed by atoms with Gasteiger partial charge in [-0.3, -0.25) is 0 Å². The second-order valence-corrected chi connectivity index (χ2v) is 2.73. The number of rotatable bonds is 2. The van der Waals surface area contributed by atoms with E-state index in [9.17, 15) is 4.39 Å². The second-order valence-electron chi connectivity index (χ2n) is 2.73. The van der Waals surface area contributed by atoms with Crippen molar-refractivity contribution < 1.29 is 4.39 Å². The lowest BCUT2D eigenvalue weighted by Crippen LogP contribution is -2.16. The molecule has 60 valence electrons. The van der Waals surface area contributed by atoms with E-state index in [4.69, 9.17) is 0 Å². The number of halogens is 1. The first-order chi connectivity index (χ1) is 5.27. The van der Waals surface area contributed by atoms with Crippen LogP contribution in [0.3, 0.4) is 0 Å². The minimum atomic E-state index is -1.22. The second kappa shape index (κ2) is 3.51. The van der Waals surface area contributed by atoms with Gasteiger partial charge in [-0.1, -0.05) is 31.2 Å². The zero-order chi connectivity index (χ0) is 8.16. The molecule has 0 fully saturated rings. The Kier molecular flexibility index (Phi) is 2.64. The summed E-state index contributed by atoms with van der Waals surface area (Å²) >= 11 is 0. The van der Waals surface area contributed by atoms with Crippen LogP contribution in [-0.2, 0) is 0 Å². The molecule has 0 nitrogen and oxygen atoms in total. The minimum Gasteiger partial charge on any atom is -0.234 e. The van der Waals surface area contributed by atoms with E-state index in [-0.39, 0.29) is 0 Å². The molecule has 0 aromatic carbocycles. The first-order valence-electron chi connectivity index (χ1n) is 3.98. The summed E-state index contributed by atoms with van der Waals surface area (Å²) in [4.78, 5) is 0. The predicted octanol–water partition coefficient (Wildman–Crippen LogP) is 3.18. The van der Waals surface area contributed by atoms with Crippen LogP contribution in [0.1, 0.15) is 19.8 Å². The summed E-state index contributed by atoms with van der Waals surface area (Å²) in [5, 5.41) is 0. The van der Waals surface area contributed by atoms with Gasteiger partial charge in [-0.2, -0.15) is 0 Å². The molecule has 0 saturated heterocycles. The molecular formula is C10H13F. The van der Waals surface area contributed by atoms with Crippen LogP contribution in [-0.4, -0.2) is 5.67 Å². The van der Waals surface area contributed by atoms with Crippen LogP contribution in [0.4, 0.5) is 4.39 Å². The highest BCUT2D eigenvalue weighted by Crippen LogP contribution is 2.23. The Labute approximate surface area is 67.1 Å². The van der Waals surface area contributed by atoms with Gasteiger partial charge >= 0.3 is 0 Å². The van der Waals surface area contributed by atoms with Crippen molar-refractivity contribution in [3.8, 4) is 0 Å². The molecule has 0 spiro atoms. The molecule has 0 aromatic rings. The van der Waals surface area contributed by atoms with Gasteiger partial charge in [0, 0.05) is 6.42 Å². The van der Waals surface area contributed by atoms with E-state index in [1.165, 1.54) is 0 Å². The van der Waals surface area contributed by atoms with Crippen LogP contribution in [0.15, 0.2) is 36.5 Å². The van der Waals surface area contributed by atoms with Crippen LogP contribution in [0.5, 0.6) is 0 Å². The largest absolute Gasteiger partial charge is 0.234 e. The molecule has 0 N–H and O–H groups in total. The highest BCUT2D eigenvalue weighted by Gasteiger charge is 2.21. The Morgan fingerprint density at radius 2 is 2.36 bits per heavy atom. The lowest BCUT2D eigenvalue weighted by Gasteiger charge is -2.16. The van der Waals surface area contributed by atoms with E-state index in [1.54, 1.807) is 18.2 Å². The fraction of sp³-hybridized carbons (Fsp3) is 0.400. The molecule has 1 rings (SSSR count). The van der Waals surface area contributed by atoms with E-state index < -0.39 is 5.67 Å². The van der Waals surface area contributed by atoms with Gasteiger partial charge in [-0.05, 0) is 18.6 Å². The Morgan fingerprint density at radius 3 is 2.91 bits per heavy atom. The lowest BCUT2D eigenvalue weighted by molar-refractivity contribution is 0.299. The summed E-state index contributed by atoms with van der Waals surface area (Å²) < 4.78 is 13.5. The molecule has 1 aliphatic carbocycles. The molecule has 0 unspecified atom stereocenters. The van der Waals surface area contributed by atoms with Gasteiger partial charge < -0.3 is 0 Å². The fourth-order valence-electron chi connectivity index (χ4n) is 1.05. The van der Waals surface area contributed by atoms with Crippen molar-refractivity contribution in [2.75, 3.05) is 0 Å². The first-order valence-corrected chi connectivity index (χ1v) is 3.98. The third kappa shape index (κ3) is 2.34. The number of alkyl halides is 1. The first kappa shape index (κ1) is 8.25. The predicted molar refractivity (Wildman–Crippen MR) is 46.2 cm³/mol. The van der Waals surface area contributed by atoms with E-state index in [1.807, 2.05) is 25.2 Å². The summed E-state index contributed by atoms with van der Waals surface area (Å²) in [6.45, 7) is 2.00. The standard InChI is InChI=1S/C10H13F/c1-2-3-7-10(11)8-5-4-6-9-10/h3-8H,2,9H2,1H3/b7-3+/t10-/m1/s1. The molecule has 11 heavy (non-hydrogen) atoms. The maximum absolute atomic E-state index is 13.5. The third-order valence-electron chi connectivity index (χ3n) is 1.68. The van der Waals surface area contributed by atoms with E-state index in [2.05, 4.69) is 0 Å². The van der Waals surface area contributed by atoms with E-state index in [0.29, 0.717) is 6.42 Å². The summed E-state index contributed by atoms with van der Waals surface area (Å²) in [5.41, 5.74) is -1.22. The minimum absolute atomic E-state index is 0.472. The van der Waals surface area contributed by atoms with Gasteiger partial charge in [0.1, 0.15) is 0 Å². The van der Waals surface area contributed by atoms with Crippen LogP contribution in [0.25, 0.3) is 0 Å². The van der Waals surface area contributed by atoms with Crippen molar-refractivity contribution in [1.82, 2.24) is 0 Å². The van der Waals surface area contributed by atoms with Crippen molar-refractivity contribution in [3.05, 3.63) is 36.5 Å². The van der Waals surface area contributed by atoms with Crippen LogP contribution < -0.4 is 0 Å².